The van der Waals surface area contributed by atoms with Gasteiger partial charge in [-0.25, -0.2) is 0 Å². The standard InChI is InChI=1S/C24H28ClN3/c1-4-5-7-17(2)27-12-14-28(15-13-27)18(3)19-10-11-21-23(16-19)26-22-9-6-8-20(22)24(21)25/h4,10-11,16H,1-3,5-9,12-15H2. The third kappa shape index (κ3) is 3.56. The van der Waals surface area contributed by atoms with E-state index in [4.69, 9.17) is 16.6 Å². The highest BCUT2D eigenvalue weighted by atomic mass is 35.5. The number of pyridine rings is 1. The lowest BCUT2D eigenvalue weighted by Gasteiger charge is -2.39. The molecule has 1 saturated heterocycles. The number of allylic oxidation sites excluding steroid dienone is 2. The number of nitrogens with zero attached hydrogens (tertiary/aromatic N) is 3. The summed E-state index contributed by atoms with van der Waals surface area (Å²) in [6, 6.07) is 6.39. The molecule has 0 amide bonds. The lowest BCUT2D eigenvalue weighted by atomic mass is 10.1. The molecule has 0 N–H and O–H groups in total. The minimum Gasteiger partial charge on any atom is -0.372 e. The summed E-state index contributed by atoms with van der Waals surface area (Å²) in [6.45, 7) is 16.3. The molecule has 1 aromatic carbocycles. The van der Waals surface area contributed by atoms with E-state index in [0.717, 1.165) is 85.5 Å². The van der Waals surface area contributed by atoms with E-state index in [1.54, 1.807) is 0 Å². The third-order valence-corrected chi connectivity index (χ3v) is 6.45. The minimum atomic E-state index is 0.890. The number of piperazine rings is 1. The Kier molecular flexibility index (Phi) is 5.45. The van der Waals surface area contributed by atoms with Crippen LogP contribution in [-0.4, -0.2) is 41.0 Å². The molecule has 0 radical (unpaired) electrons. The maximum atomic E-state index is 6.66. The molecule has 1 fully saturated rings. The number of hydrogen-bond donors (Lipinski definition) is 0. The van der Waals surface area contributed by atoms with Crippen LogP contribution in [0.4, 0.5) is 0 Å². The summed E-state index contributed by atoms with van der Waals surface area (Å²) in [7, 11) is 0. The van der Waals surface area contributed by atoms with Gasteiger partial charge >= 0.3 is 0 Å². The van der Waals surface area contributed by atoms with E-state index in [1.807, 2.05) is 6.08 Å². The van der Waals surface area contributed by atoms with Gasteiger partial charge in [-0.1, -0.05) is 43.0 Å². The van der Waals surface area contributed by atoms with Crippen LogP contribution in [0.3, 0.4) is 0 Å². The van der Waals surface area contributed by atoms with E-state index in [1.165, 1.54) is 17.0 Å². The molecule has 4 rings (SSSR count). The lowest BCUT2D eigenvalue weighted by Crippen LogP contribution is -2.44. The molecule has 3 nitrogen and oxygen atoms in total. The Morgan fingerprint density at radius 3 is 2.61 bits per heavy atom. The maximum absolute atomic E-state index is 6.66. The Balaban J connectivity index is 1.48. The monoisotopic (exact) mass is 393 g/mol. The van der Waals surface area contributed by atoms with Crippen LogP contribution < -0.4 is 0 Å². The Labute approximate surface area is 173 Å². The third-order valence-electron chi connectivity index (χ3n) is 6.02. The molecule has 0 bridgehead atoms. The highest BCUT2D eigenvalue weighted by molar-refractivity contribution is 6.36. The van der Waals surface area contributed by atoms with Gasteiger partial charge in [0.2, 0.25) is 0 Å². The maximum Gasteiger partial charge on any atom is 0.0727 e. The molecule has 28 heavy (non-hydrogen) atoms. The first kappa shape index (κ1) is 19.1. The van der Waals surface area contributed by atoms with E-state index in [9.17, 15) is 0 Å². The summed E-state index contributed by atoms with van der Waals surface area (Å²) in [6.07, 6.45) is 7.18. The summed E-state index contributed by atoms with van der Waals surface area (Å²) in [5, 5.41) is 1.95. The van der Waals surface area contributed by atoms with Crippen LogP contribution in [0.15, 0.2) is 49.7 Å². The van der Waals surface area contributed by atoms with E-state index in [0.29, 0.717) is 0 Å². The van der Waals surface area contributed by atoms with Crippen molar-refractivity contribution in [2.45, 2.75) is 32.1 Å². The van der Waals surface area contributed by atoms with E-state index in [2.05, 4.69) is 47.7 Å². The van der Waals surface area contributed by atoms with Crippen LogP contribution in [0.25, 0.3) is 16.6 Å². The van der Waals surface area contributed by atoms with Crippen molar-refractivity contribution in [3.8, 4) is 0 Å². The molecule has 2 aliphatic rings. The van der Waals surface area contributed by atoms with Gasteiger partial charge in [-0.05, 0) is 49.3 Å². The molecule has 1 aliphatic carbocycles. The van der Waals surface area contributed by atoms with Crippen LogP contribution in [-0.2, 0) is 12.8 Å². The number of aromatic nitrogens is 1. The first-order chi connectivity index (χ1) is 13.6. The molecule has 1 aliphatic heterocycles. The molecular formula is C24H28ClN3. The van der Waals surface area contributed by atoms with Crippen molar-refractivity contribution in [3.05, 3.63) is 71.6 Å². The van der Waals surface area contributed by atoms with Crippen molar-refractivity contribution in [2.75, 3.05) is 26.2 Å². The summed E-state index contributed by atoms with van der Waals surface area (Å²) in [5.41, 5.74) is 6.81. The fraction of sp³-hybridized carbons (Fsp3) is 0.375. The van der Waals surface area contributed by atoms with Crippen molar-refractivity contribution in [2.24, 2.45) is 0 Å². The zero-order chi connectivity index (χ0) is 19.7. The number of rotatable bonds is 6. The SMILES string of the molecule is C=CCCC(=C)N1CCN(C(=C)c2ccc3c(Cl)c4c(nc3c2)CCC4)CC1. The van der Waals surface area contributed by atoms with Gasteiger partial charge in [-0.15, -0.1) is 6.58 Å². The Morgan fingerprint density at radius 2 is 1.86 bits per heavy atom. The van der Waals surface area contributed by atoms with Crippen LogP contribution in [0.2, 0.25) is 5.02 Å². The van der Waals surface area contributed by atoms with E-state index >= 15 is 0 Å². The van der Waals surface area contributed by atoms with Crippen LogP contribution >= 0.6 is 11.6 Å². The summed E-state index contributed by atoms with van der Waals surface area (Å²) in [5.74, 6) is 0. The Bertz CT molecular complexity index is 939. The molecule has 0 unspecified atom stereocenters. The average Bonchev–Trinajstić information content (AvgIpc) is 3.20. The topological polar surface area (TPSA) is 19.4 Å². The largest absolute Gasteiger partial charge is 0.372 e. The van der Waals surface area contributed by atoms with Gasteiger partial charge in [0.15, 0.2) is 0 Å². The van der Waals surface area contributed by atoms with Gasteiger partial charge in [0.05, 0.1) is 10.5 Å². The van der Waals surface area contributed by atoms with Crippen LogP contribution in [0.1, 0.15) is 36.1 Å². The highest BCUT2D eigenvalue weighted by Crippen LogP contribution is 2.35. The second-order valence-electron chi connectivity index (χ2n) is 7.75. The van der Waals surface area contributed by atoms with Crippen molar-refractivity contribution >= 4 is 28.2 Å². The highest BCUT2D eigenvalue weighted by Gasteiger charge is 2.21. The van der Waals surface area contributed by atoms with E-state index < -0.39 is 0 Å². The zero-order valence-corrected chi connectivity index (χ0v) is 17.3. The van der Waals surface area contributed by atoms with Crippen molar-refractivity contribution in [3.63, 3.8) is 0 Å². The molecule has 0 spiro atoms. The Hall–Kier alpha value is -2.26. The fourth-order valence-corrected chi connectivity index (χ4v) is 4.65. The fourth-order valence-electron chi connectivity index (χ4n) is 4.29. The predicted octanol–water partition coefficient (Wildman–Crippen LogP) is 5.45. The van der Waals surface area contributed by atoms with Gasteiger partial charge < -0.3 is 9.80 Å². The molecule has 0 saturated carbocycles. The molecule has 4 heteroatoms. The van der Waals surface area contributed by atoms with Gasteiger partial charge in [-0.3, -0.25) is 4.98 Å². The van der Waals surface area contributed by atoms with Crippen molar-refractivity contribution in [1.29, 1.82) is 0 Å². The summed E-state index contributed by atoms with van der Waals surface area (Å²) < 4.78 is 0. The number of benzene rings is 1. The van der Waals surface area contributed by atoms with Gasteiger partial charge in [0.1, 0.15) is 0 Å². The normalized spacial score (nSPS) is 16.3. The lowest BCUT2D eigenvalue weighted by molar-refractivity contribution is 0.210. The molecule has 146 valence electrons. The number of aryl methyl sites for hydroxylation is 1. The quantitative estimate of drug-likeness (QED) is 0.608. The molecule has 0 atom stereocenters. The van der Waals surface area contributed by atoms with Gasteiger partial charge in [-0.2, -0.15) is 0 Å². The average molecular weight is 394 g/mol. The number of fused-ring (bicyclic) bond motifs is 2. The van der Waals surface area contributed by atoms with Crippen molar-refractivity contribution < 1.29 is 0 Å². The number of hydrogen-bond acceptors (Lipinski definition) is 3. The van der Waals surface area contributed by atoms with Crippen LogP contribution in [0, 0.1) is 0 Å². The van der Waals surface area contributed by atoms with Crippen LogP contribution in [0.5, 0.6) is 0 Å². The zero-order valence-electron chi connectivity index (χ0n) is 16.5. The minimum absolute atomic E-state index is 0.890. The second-order valence-corrected chi connectivity index (χ2v) is 8.13. The molecule has 1 aromatic heterocycles. The summed E-state index contributed by atoms with van der Waals surface area (Å²) >= 11 is 6.66. The molecule has 2 heterocycles. The smallest absolute Gasteiger partial charge is 0.0727 e. The first-order valence-corrected chi connectivity index (χ1v) is 10.5. The van der Waals surface area contributed by atoms with Gasteiger partial charge in [0, 0.05) is 48.7 Å². The Morgan fingerprint density at radius 1 is 1.11 bits per heavy atom. The molecule has 2 aromatic rings. The second kappa shape index (κ2) is 8.00. The molecular weight excluding hydrogens is 366 g/mol. The summed E-state index contributed by atoms with van der Waals surface area (Å²) in [4.78, 5) is 9.65. The number of halogens is 1. The van der Waals surface area contributed by atoms with E-state index in [-0.39, 0.29) is 0 Å². The van der Waals surface area contributed by atoms with Crippen molar-refractivity contribution in [1.82, 2.24) is 14.8 Å². The first-order valence-electron chi connectivity index (χ1n) is 10.2. The predicted molar refractivity (Wildman–Crippen MR) is 120 cm³/mol. The van der Waals surface area contributed by atoms with Gasteiger partial charge in [0.25, 0.3) is 0 Å².